The molecule has 1 aliphatic carbocycles. The molecule has 0 amide bonds. The lowest BCUT2D eigenvalue weighted by atomic mass is 9.95. The highest BCUT2D eigenvalue weighted by atomic mass is 16.5. The molecule has 2 bridgehead atoms. The lowest BCUT2D eigenvalue weighted by Gasteiger charge is -2.37. The van der Waals surface area contributed by atoms with Gasteiger partial charge in [-0.1, -0.05) is 19.1 Å². The lowest BCUT2D eigenvalue weighted by molar-refractivity contribution is -0.0498. The fraction of sp³-hybridized carbons (Fsp3) is 0.588. The molecule has 1 unspecified atom stereocenters. The number of piperidine rings is 1. The molecule has 2 aliphatic rings. The Morgan fingerprint density at radius 1 is 1.20 bits per heavy atom. The summed E-state index contributed by atoms with van der Waals surface area (Å²) in [5.41, 5.74) is 1.88. The molecule has 0 radical (unpaired) electrons. The van der Waals surface area contributed by atoms with Gasteiger partial charge in [-0.05, 0) is 48.9 Å². The zero-order valence-electron chi connectivity index (χ0n) is 12.1. The molecule has 20 heavy (non-hydrogen) atoms. The Bertz CT molecular complexity index is 477. The van der Waals surface area contributed by atoms with E-state index in [1.807, 2.05) is 24.3 Å². The van der Waals surface area contributed by atoms with Crippen molar-refractivity contribution in [3.8, 4) is 6.07 Å². The van der Waals surface area contributed by atoms with Gasteiger partial charge in [0, 0.05) is 13.1 Å². The minimum atomic E-state index is 0.438. The molecule has 2 fully saturated rings. The van der Waals surface area contributed by atoms with E-state index in [4.69, 9.17) is 10.00 Å². The van der Waals surface area contributed by atoms with Crippen LogP contribution < -0.4 is 0 Å². The highest BCUT2D eigenvalue weighted by Crippen LogP contribution is 2.39. The number of likely N-dealkylation sites (tertiary alicyclic amines) is 1. The van der Waals surface area contributed by atoms with Gasteiger partial charge in [-0.2, -0.15) is 5.26 Å². The largest absolute Gasteiger partial charge is 0.373 e. The first-order valence-electron chi connectivity index (χ1n) is 7.63. The van der Waals surface area contributed by atoms with Crippen molar-refractivity contribution in [2.24, 2.45) is 11.8 Å². The number of rotatable bonds is 4. The predicted octanol–water partition coefficient (Wildman–Crippen LogP) is 2.81. The summed E-state index contributed by atoms with van der Waals surface area (Å²) in [7, 11) is 0. The molecule has 3 atom stereocenters. The second-order valence-electron chi connectivity index (χ2n) is 6.03. The number of nitrogens with zero attached hydrogens (tertiary/aromatic N) is 2. The van der Waals surface area contributed by atoms with Crippen molar-refractivity contribution >= 4 is 0 Å². The fourth-order valence-corrected chi connectivity index (χ4v) is 3.67. The van der Waals surface area contributed by atoms with Crippen LogP contribution in [0.15, 0.2) is 24.3 Å². The molecule has 0 aromatic heterocycles. The number of ether oxygens (including phenoxy) is 1. The normalized spacial score (nSPS) is 29.3. The van der Waals surface area contributed by atoms with Gasteiger partial charge in [-0.25, -0.2) is 0 Å². The molecule has 1 heterocycles. The Labute approximate surface area is 121 Å². The van der Waals surface area contributed by atoms with E-state index in [0.717, 1.165) is 6.54 Å². The van der Waals surface area contributed by atoms with Gasteiger partial charge in [0.1, 0.15) is 0 Å². The summed E-state index contributed by atoms with van der Waals surface area (Å²) >= 11 is 0. The quantitative estimate of drug-likeness (QED) is 0.844. The Balaban J connectivity index is 1.57. The van der Waals surface area contributed by atoms with Crippen LogP contribution in [0, 0.1) is 23.2 Å². The predicted molar refractivity (Wildman–Crippen MR) is 78.1 cm³/mol. The van der Waals surface area contributed by atoms with Crippen molar-refractivity contribution in [1.29, 1.82) is 5.26 Å². The SMILES string of the molecule is CCN1C[C@H]2CC[C@@H](C1)C2OCc1ccc(C#N)cc1. The van der Waals surface area contributed by atoms with E-state index in [1.165, 1.54) is 31.5 Å². The molecular formula is C17H22N2O. The number of benzene rings is 1. The molecule has 1 saturated heterocycles. The topological polar surface area (TPSA) is 36.3 Å². The van der Waals surface area contributed by atoms with Crippen LogP contribution in [-0.4, -0.2) is 30.6 Å². The van der Waals surface area contributed by atoms with E-state index in [-0.39, 0.29) is 0 Å². The Morgan fingerprint density at radius 2 is 1.85 bits per heavy atom. The third-order valence-corrected chi connectivity index (χ3v) is 4.80. The molecular weight excluding hydrogens is 248 g/mol. The summed E-state index contributed by atoms with van der Waals surface area (Å²) in [4.78, 5) is 2.56. The van der Waals surface area contributed by atoms with Crippen molar-refractivity contribution in [3.05, 3.63) is 35.4 Å². The van der Waals surface area contributed by atoms with Crippen LogP contribution in [-0.2, 0) is 11.3 Å². The van der Waals surface area contributed by atoms with E-state index < -0.39 is 0 Å². The van der Waals surface area contributed by atoms with Crippen molar-refractivity contribution in [1.82, 2.24) is 4.90 Å². The number of hydrogen-bond donors (Lipinski definition) is 0. The first kappa shape index (κ1) is 13.6. The highest BCUT2D eigenvalue weighted by molar-refractivity contribution is 5.31. The molecule has 3 rings (SSSR count). The van der Waals surface area contributed by atoms with E-state index >= 15 is 0 Å². The maximum Gasteiger partial charge on any atom is 0.0991 e. The molecule has 1 aromatic carbocycles. The third kappa shape index (κ3) is 2.72. The Hall–Kier alpha value is -1.37. The average Bonchev–Trinajstić information content (AvgIpc) is 2.74. The van der Waals surface area contributed by atoms with Crippen LogP contribution in [0.4, 0.5) is 0 Å². The third-order valence-electron chi connectivity index (χ3n) is 4.80. The van der Waals surface area contributed by atoms with Crippen molar-refractivity contribution in [3.63, 3.8) is 0 Å². The van der Waals surface area contributed by atoms with E-state index in [0.29, 0.717) is 30.1 Å². The van der Waals surface area contributed by atoms with Crippen molar-refractivity contribution in [2.45, 2.75) is 32.5 Å². The first-order chi connectivity index (χ1) is 9.80. The summed E-state index contributed by atoms with van der Waals surface area (Å²) in [6.45, 7) is 6.48. The van der Waals surface area contributed by atoms with Crippen molar-refractivity contribution < 1.29 is 4.74 Å². The van der Waals surface area contributed by atoms with Crippen LogP contribution in [0.1, 0.15) is 30.9 Å². The lowest BCUT2D eigenvalue weighted by Crippen LogP contribution is -2.45. The summed E-state index contributed by atoms with van der Waals surface area (Å²) in [6, 6.07) is 9.89. The standard InChI is InChI=1S/C17H22N2O/c1-2-19-10-15-7-8-16(11-19)17(15)20-12-14-5-3-13(9-18)4-6-14/h3-6,15-17H,2,7-8,10-12H2,1H3/t15-,16+,17?. The maximum absolute atomic E-state index is 8.80. The van der Waals surface area contributed by atoms with Gasteiger partial charge in [0.15, 0.2) is 0 Å². The minimum Gasteiger partial charge on any atom is -0.373 e. The van der Waals surface area contributed by atoms with Gasteiger partial charge in [0.2, 0.25) is 0 Å². The Morgan fingerprint density at radius 3 is 2.40 bits per heavy atom. The maximum atomic E-state index is 8.80. The summed E-state index contributed by atoms with van der Waals surface area (Å²) in [5, 5.41) is 8.80. The molecule has 3 nitrogen and oxygen atoms in total. The van der Waals surface area contributed by atoms with Crippen LogP contribution in [0.5, 0.6) is 0 Å². The average molecular weight is 270 g/mol. The van der Waals surface area contributed by atoms with E-state index in [2.05, 4.69) is 17.9 Å². The van der Waals surface area contributed by atoms with Gasteiger partial charge in [0.05, 0.1) is 24.3 Å². The molecule has 0 spiro atoms. The van der Waals surface area contributed by atoms with Crippen LogP contribution in [0.3, 0.4) is 0 Å². The first-order valence-corrected chi connectivity index (χ1v) is 7.63. The van der Waals surface area contributed by atoms with E-state index in [1.54, 1.807) is 0 Å². The minimum absolute atomic E-state index is 0.438. The van der Waals surface area contributed by atoms with Crippen LogP contribution in [0.2, 0.25) is 0 Å². The zero-order valence-corrected chi connectivity index (χ0v) is 12.1. The van der Waals surface area contributed by atoms with E-state index in [9.17, 15) is 0 Å². The van der Waals surface area contributed by atoms with Gasteiger partial charge in [0.25, 0.3) is 0 Å². The van der Waals surface area contributed by atoms with Gasteiger partial charge in [-0.3, -0.25) is 0 Å². The summed E-state index contributed by atoms with van der Waals surface area (Å²) < 4.78 is 6.21. The molecule has 1 aromatic rings. The summed E-state index contributed by atoms with van der Waals surface area (Å²) in [6.07, 6.45) is 3.08. The van der Waals surface area contributed by atoms with Crippen LogP contribution >= 0.6 is 0 Å². The zero-order chi connectivity index (χ0) is 13.9. The number of nitriles is 1. The molecule has 106 valence electrons. The van der Waals surface area contributed by atoms with Gasteiger partial charge < -0.3 is 9.64 Å². The second kappa shape index (κ2) is 5.95. The highest BCUT2D eigenvalue weighted by Gasteiger charge is 2.42. The number of fused-ring (bicyclic) bond motifs is 2. The smallest absolute Gasteiger partial charge is 0.0991 e. The van der Waals surface area contributed by atoms with Crippen molar-refractivity contribution in [2.75, 3.05) is 19.6 Å². The molecule has 3 heteroatoms. The van der Waals surface area contributed by atoms with Gasteiger partial charge in [-0.15, -0.1) is 0 Å². The number of hydrogen-bond acceptors (Lipinski definition) is 3. The summed E-state index contributed by atoms with van der Waals surface area (Å²) in [5.74, 6) is 1.43. The molecule has 1 aliphatic heterocycles. The second-order valence-corrected chi connectivity index (χ2v) is 6.03. The molecule has 0 N–H and O–H groups in total. The Kier molecular flexibility index (Phi) is 4.05. The van der Waals surface area contributed by atoms with Gasteiger partial charge >= 0.3 is 0 Å². The fourth-order valence-electron chi connectivity index (χ4n) is 3.67. The molecule has 1 saturated carbocycles. The monoisotopic (exact) mass is 270 g/mol. The van der Waals surface area contributed by atoms with Crippen LogP contribution in [0.25, 0.3) is 0 Å².